The number of carbonyl (C=O) groups is 3. The Hall–Kier alpha value is -3.44. The van der Waals surface area contributed by atoms with Crippen molar-refractivity contribution in [3.05, 3.63) is 100 Å². The first-order valence-electron chi connectivity index (χ1n) is 8.00. The Labute approximate surface area is 160 Å². The van der Waals surface area contributed by atoms with Crippen molar-refractivity contribution in [2.24, 2.45) is 0 Å². The molecule has 0 heterocycles. The standard InChI is InChI=1S/C21H14ClNO4/c22-16-9-10-18(17(12-16)21(26)27)23-20(25)15-8-4-7-14(11-15)19(24)13-5-2-1-3-6-13/h1-12H,(H,23,25)(H,26,27). The van der Waals surface area contributed by atoms with Crippen molar-refractivity contribution in [2.45, 2.75) is 0 Å². The summed E-state index contributed by atoms with van der Waals surface area (Å²) in [5, 5.41) is 12.1. The van der Waals surface area contributed by atoms with Gasteiger partial charge in [0.2, 0.25) is 0 Å². The largest absolute Gasteiger partial charge is 0.478 e. The Bertz CT molecular complexity index is 1030. The van der Waals surface area contributed by atoms with Gasteiger partial charge in [-0.15, -0.1) is 0 Å². The number of anilines is 1. The molecule has 0 aliphatic rings. The van der Waals surface area contributed by atoms with E-state index in [1.807, 2.05) is 6.07 Å². The highest BCUT2D eigenvalue weighted by atomic mass is 35.5. The summed E-state index contributed by atoms with van der Waals surface area (Å²) in [6.45, 7) is 0. The van der Waals surface area contributed by atoms with Crippen LogP contribution < -0.4 is 5.32 Å². The lowest BCUT2D eigenvalue weighted by atomic mass is 10.0. The molecule has 0 saturated heterocycles. The smallest absolute Gasteiger partial charge is 0.337 e. The third-order valence-electron chi connectivity index (χ3n) is 3.88. The van der Waals surface area contributed by atoms with Crippen LogP contribution in [0.25, 0.3) is 0 Å². The number of hydrogen-bond acceptors (Lipinski definition) is 3. The van der Waals surface area contributed by atoms with Crippen molar-refractivity contribution in [2.75, 3.05) is 5.32 Å². The van der Waals surface area contributed by atoms with E-state index >= 15 is 0 Å². The molecule has 0 fully saturated rings. The molecule has 0 aromatic heterocycles. The van der Waals surface area contributed by atoms with Crippen molar-refractivity contribution in [1.82, 2.24) is 0 Å². The average Bonchev–Trinajstić information content (AvgIpc) is 2.69. The summed E-state index contributed by atoms with van der Waals surface area (Å²) in [6.07, 6.45) is 0. The number of carboxylic acids is 1. The molecule has 6 heteroatoms. The molecule has 134 valence electrons. The van der Waals surface area contributed by atoms with Gasteiger partial charge in [0.1, 0.15) is 0 Å². The Morgan fingerprint density at radius 1 is 0.778 bits per heavy atom. The van der Waals surface area contributed by atoms with Crippen LogP contribution in [0.2, 0.25) is 5.02 Å². The normalized spacial score (nSPS) is 10.3. The average molecular weight is 380 g/mol. The van der Waals surface area contributed by atoms with Crippen LogP contribution in [-0.4, -0.2) is 22.8 Å². The van der Waals surface area contributed by atoms with Gasteiger partial charge >= 0.3 is 5.97 Å². The second-order valence-corrected chi connectivity index (χ2v) is 6.16. The molecular formula is C21H14ClNO4. The lowest BCUT2D eigenvalue weighted by molar-refractivity contribution is 0.0698. The van der Waals surface area contributed by atoms with Crippen LogP contribution in [0.3, 0.4) is 0 Å². The maximum Gasteiger partial charge on any atom is 0.337 e. The fourth-order valence-corrected chi connectivity index (χ4v) is 2.73. The monoisotopic (exact) mass is 379 g/mol. The molecule has 5 nitrogen and oxygen atoms in total. The summed E-state index contributed by atoms with van der Waals surface area (Å²) in [7, 11) is 0. The zero-order valence-corrected chi connectivity index (χ0v) is 14.7. The lowest BCUT2D eigenvalue weighted by Gasteiger charge is -2.10. The first-order chi connectivity index (χ1) is 13.0. The fourth-order valence-electron chi connectivity index (χ4n) is 2.55. The number of rotatable bonds is 5. The highest BCUT2D eigenvalue weighted by Crippen LogP contribution is 2.22. The zero-order chi connectivity index (χ0) is 19.4. The van der Waals surface area contributed by atoms with Gasteiger partial charge in [-0.05, 0) is 30.3 Å². The molecular weight excluding hydrogens is 366 g/mol. The van der Waals surface area contributed by atoms with E-state index in [9.17, 15) is 19.5 Å². The van der Waals surface area contributed by atoms with E-state index in [2.05, 4.69) is 5.32 Å². The molecule has 0 atom stereocenters. The number of carbonyl (C=O) groups excluding carboxylic acids is 2. The van der Waals surface area contributed by atoms with E-state index in [0.29, 0.717) is 11.1 Å². The third-order valence-corrected chi connectivity index (χ3v) is 4.12. The van der Waals surface area contributed by atoms with Crippen molar-refractivity contribution >= 4 is 34.9 Å². The lowest BCUT2D eigenvalue weighted by Crippen LogP contribution is -2.15. The summed E-state index contributed by atoms with van der Waals surface area (Å²) in [5.41, 5.74) is 1.12. The highest BCUT2D eigenvalue weighted by molar-refractivity contribution is 6.31. The minimum absolute atomic E-state index is 0.118. The van der Waals surface area contributed by atoms with Gasteiger partial charge in [0.15, 0.2) is 5.78 Å². The summed E-state index contributed by atoms with van der Waals surface area (Å²) >= 11 is 5.81. The molecule has 0 bridgehead atoms. The molecule has 0 saturated carbocycles. The van der Waals surface area contributed by atoms with Crippen LogP contribution in [0.4, 0.5) is 5.69 Å². The van der Waals surface area contributed by atoms with Crippen LogP contribution in [-0.2, 0) is 0 Å². The third kappa shape index (κ3) is 4.22. The SMILES string of the molecule is O=C(Nc1ccc(Cl)cc1C(=O)O)c1cccc(C(=O)c2ccccc2)c1. The van der Waals surface area contributed by atoms with Gasteiger partial charge < -0.3 is 10.4 Å². The molecule has 3 rings (SSSR count). The number of aromatic carboxylic acids is 1. The second kappa shape index (κ2) is 7.85. The van der Waals surface area contributed by atoms with Gasteiger partial charge in [0.25, 0.3) is 5.91 Å². The number of amides is 1. The van der Waals surface area contributed by atoms with E-state index in [1.165, 1.54) is 24.3 Å². The van der Waals surface area contributed by atoms with Gasteiger partial charge in [0, 0.05) is 21.7 Å². The summed E-state index contributed by atoms with van der Waals surface area (Å²) in [6, 6.07) is 19.1. The zero-order valence-electron chi connectivity index (χ0n) is 14.0. The number of halogens is 1. The van der Waals surface area contributed by atoms with Gasteiger partial charge in [-0.1, -0.05) is 54.1 Å². The van der Waals surface area contributed by atoms with E-state index in [4.69, 9.17) is 11.6 Å². The first-order valence-corrected chi connectivity index (χ1v) is 8.37. The Morgan fingerprint density at radius 2 is 1.44 bits per heavy atom. The molecule has 0 radical (unpaired) electrons. The van der Waals surface area contributed by atoms with Gasteiger partial charge in [0.05, 0.1) is 11.3 Å². The van der Waals surface area contributed by atoms with Gasteiger partial charge in [-0.2, -0.15) is 0 Å². The Balaban J connectivity index is 1.87. The van der Waals surface area contributed by atoms with Crippen LogP contribution in [0.15, 0.2) is 72.8 Å². The van der Waals surface area contributed by atoms with Crippen molar-refractivity contribution in [3.63, 3.8) is 0 Å². The number of nitrogens with one attached hydrogen (secondary N) is 1. The molecule has 2 N–H and O–H groups in total. The summed E-state index contributed by atoms with van der Waals surface area (Å²) in [4.78, 5) is 36.4. The summed E-state index contributed by atoms with van der Waals surface area (Å²) < 4.78 is 0. The van der Waals surface area contributed by atoms with E-state index < -0.39 is 11.9 Å². The number of carboxylic acid groups (broad SMARTS) is 1. The first kappa shape index (κ1) is 18.4. The maximum absolute atomic E-state index is 12.5. The number of hydrogen-bond donors (Lipinski definition) is 2. The maximum atomic E-state index is 12.5. The number of ketones is 1. The van der Waals surface area contributed by atoms with Crippen molar-refractivity contribution < 1.29 is 19.5 Å². The van der Waals surface area contributed by atoms with E-state index in [1.54, 1.807) is 42.5 Å². The highest BCUT2D eigenvalue weighted by Gasteiger charge is 2.16. The van der Waals surface area contributed by atoms with Crippen LogP contribution in [0, 0.1) is 0 Å². The molecule has 0 unspecified atom stereocenters. The van der Waals surface area contributed by atoms with Crippen LogP contribution in [0.1, 0.15) is 36.6 Å². The molecule has 0 aliphatic heterocycles. The molecule has 1 amide bonds. The van der Waals surface area contributed by atoms with Crippen molar-refractivity contribution in [3.8, 4) is 0 Å². The summed E-state index contributed by atoms with van der Waals surface area (Å²) in [5.74, 6) is -1.94. The van der Waals surface area contributed by atoms with Gasteiger partial charge in [-0.25, -0.2) is 4.79 Å². The minimum atomic E-state index is -1.21. The van der Waals surface area contributed by atoms with Gasteiger partial charge in [-0.3, -0.25) is 9.59 Å². The molecule has 27 heavy (non-hydrogen) atoms. The Kier molecular flexibility index (Phi) is 5.33. The fraction of sp³-hybridized carbons (Fsp3) is 0. The van der Waals surface area contributed by atoms with Crippen LogP contribution in [0.5, 0.6) is 0 Å². The quantitative estimate of drug-likeness (QED) is 0.638. The Morgan fingerprint density at radius 3 is 2.15 bits per heavy atom. The second-order valence-electron chi connectivity index (χ2n) is 5.73. The molecule has 0 aliphatic carbocycles. The van der Waals surface area contributed by atoms with E-state index in [-0.39, 0.29) is 27.6 Å². The van der Waals surface area contributed by atoms with Crippen molar-refractivity contribution in [1.29, 1.82) is 0 Å². The predicted molar refractivity (Wildman–Crippen MR) is 103 cm³/mol. The number of benzene rings is 3. The minimum Gasteiger partial charge on any atom is -0.478 e. The molecule has 3 aromatic rings. The van der Waals surface area contributed by atoms with Crippen LogP contribution >= 0.6 is 11.6 Å². The predicted octanol–water partition coefficient (Wildman–Crippen LogP) is 4.52. The molecule has 3 aromatic carbocycles. The topological polar surface area (TPSA) is 83.5 Å². The molecule has 0 spiro atoms. The van der Waals surface area contributed by atoms with E-state index in [0.717, 1.165) is 0 Å².